The summed E-state index contributed by atoms with van der Waals surface area (Å²) in [6, 6.07) is 0. The highest BCUT2D eigenvalue weighted by Crippen LogP contribution is 2.58. The molecule has 2 atom stereocenters. The Morgan fingerprint density at radius 2 is 0.444 bits per heavy atom. The molecule has 0 radical (unpaired) electrons. The molecule has 0 aromatic rings. The first-order valence-electron chi connectivity index (χ1n) is 34.6. The van der Waals surface area contributed by atoms with Crippen LogP contribution in [0.2, 0.25) is 0 Å². The smallest absolute Gasteiger partial charge is 0.0155 e. The van der Waals surface area contributed by atoms with Gasteiger partial charge in [-0.15, -0.1) is 0 Å². The average Bonchev–Trinajstić information content (AvgIpc) is 3.39. The zero-order valence-corrected chi connectivity index (χ0v) is 51.6. The van der Waals surface area contributed by atoms with Crippen LogP contribution in [-0.2, 0) is 0 Å². The minimum Gasteiger partial charge on any atom is -0.0879 e. The number of hydrogen-bond acceptors (Lipinski definition) is 0. The summed E-state index contributed by atoms with van der Waals surface area (Å²) in [6.07, 6.45) is 96.2. The summed E-state index contributed by atoms with van der Waals surface area (Å²) < 4.78 is 0. The van der Waals surface area contributed by atoms with Gasteiger partial charge >= 0.3 is 0 Å². The van der Waals surface area contributed by atoms with E-state index in [-0.39, 0.29) is 10.8 Å². The molecule has 72 heavy (non-hydrogen) atoms. The summed E-state index contributed by atoms with van der Waals surface area (Å²) in [4.78, 5) is 0. The van der Waals surface area contributed by atoms with E-state index in [1.54, 1.807) is 0 Å². The number of hydrogen-bond donors (Lipinski definition) is 0. The van der Waals surface area contributed by atoms with Crippen molar-refractivity contribution in [3.8, 4) is 0 Å². The fourth-order valence-electron chi connectivity index (χ4n) is 12.6. The largest absolute Gasteiger partial charge is 0.0879 e. The molecule has 2 unspecified atom stereocenters. The first kappa shape index (κ1) is 71.2. The Labute approximate surface area is 459 Å². The molecular formula is C72H140. The maximum atomic E-state index is 3.04. The van der Waals surface area contributed by atoms with Crippen LogP contribution in [0.3, 0.4) is 0 Å². The van der Waals surface area contributed by atoms with Crippen LogP contribution in [0.25, 0.3) is 0 Å². The number of unbranched alkanes of at least 4 members (excludes halogenated alkanes) is 45. The van der Waals surface area contributed by atoms with Gasteiger partial charge in [-0.25, -0.2) is 0 Å². The van der Waals surface area contributed by atoms with E-state index in [4.69, 9.17) is 0 Å². The van der Waals surface area contributed by atoms with Gasteiger partial charge in [-0.2, -0.15) is 0 Å². The summed E-state index contributed by atoms with van der Waals surface area (Å²) in [5, 5.41) is 0. The second kappa shape index (κ2) is 57.9. The topological polar surface area (TPSA) is 0 Å². The highest BCUT2D eigenvalue weighted by atomic mass is 14.5. The van der Waals surface area contributed by atoms with E-state index in [2.05, 4.69) is 84.9 Å². The highest BCUT2D eigenvalue weighted by Gasteiger charge is 2.49. The fraction of sp³-hybridized carbons (Fsp3) is 0.917. The molecule has 0 saturated carbocycles. The normalized spacial score (nSPS) is 14.0. The maximum absolute atomic E-state index is 3.04. The Balaban J connectivity index is 7.76. The number of allylic oxidation sites excluding steroid dienone is 6. The minimum atomic E-state index is 0.0875. The minimum absolute atomic E-state index is 0.0875. The van der Waals surface area contributed by atoms with Crippen LogP contribution in [0.5, 0.6) is 0 Å². The third kappa shape index (κ3) is 41.4. The predicted octanol–water partition coefficient (Wildman–Crippen LogP) is 27.2. The van der Waals surface area contributed by atoms with E-state index in [0.29, 0.717) is 0 Å². The Morgan fingerprint density at radius 1 is 0.222 bits per heavy atom. The van der Waals surface area contributed by atoms with E-state index >= 15 is 0 Å². The van der Waals surface area contributed by atoms with Gasteiger partial charge in [0.05, 0.1) is 0 Å². The zero-order valence-electron chi connectivity index (χ0n) is 51.6. The van der Waals surface area contributed by atoms with Crippen molar-refractivity contribution in [3.05, 3.63) is 36.5 Å². The van der Waals surface area contributed by atoms with Gasteiger partial charge in [0.1, 0.15) is 0 Å². The predicted molar refractivity (Wildman–Crippen MR) is 334 cm³/mol. The lowest BCUT2D eigenvalue weighted by atomic mass is 9.51. The zero-order chi connectivity index (χ0) is 52.4. The Kier molecular flexibility index (Phi) is 57.3. The van der Waals surface area contributed by atoms with Crippen molar-refractivity contribution < 1.29 is 0 Å². The summed E-state index contributed by atoms with van der Waals surface area (Å²) in [6.45, 7) is 16.6. The second-order valence-corrected chi connectivity index (χ2v) is 24.3. The third-order valence-electron chi connectivity index (χ3n) is 17.5. The van der Waals surface area contributed by atoms with E-state index in [1.165, 1.54) is 360 Å². The van der Waals surface area contributed by atoms with Gasteiger partial charge in [0.15, 0.2) is 0 Å². The average molecular weight is 1010 g/mol. The van der Waals surface area contributed by atoms with E-state index in [9.17, 15) is 0 Å². The maximum Gasteiger partial charge on any atom is 0.0155 e. The van der Waals surface area contributed by atoms with Gasteiger partial charge in [0.2, 0.25) is 0 Å². The monoisotopic (exact) mass is 1010 g/mol. The lowest BCUT2D eigenvalue weighted by Gasteiger charge is -2.52. The lowest BCUT2D eigenvalue weighted by molar-refractivity contribution is 0.0598. The molecule has 0 bridgehead atoms. The molecule has 0 aliphatic heterocycles. The van der Waals surface area contributed by atoms with Crippen LogP contribution in [0.15, 0.2) is 36.5 Å². The molecule has 0 aliphatic carbocycles. The molecule has 0 rings (SSSR count). The van der Waals surface area contributed by atoms with Crippen molar-refractivity contribution in [1.29, 1.82) is 0 Å². The van der Waals surface area contributed by atoms with Crippen LogP contribution in [0.1, 0.15) is 408 Å². The van der Waals surface area contributed by atoms with Crippen LogP contribution in [0.4, 0.5) is 0 Å². The van der Waals surface area contributed by atoms with Gasteiger partial charge < -0.3 is 0 Å². The molecule has 0 spiro atoms. The van der Waals surface area contributed by atoms with Crippen LogP contribution in [0, 0.1) is 16.7 Å². The Hall–Kier alpha value is -0.780. The Morgan fingerprint density at radius 3 is 0.736 bits per heavy atom. The molecule has 0 heteroatoms. The molecule has 0 aromatic heterocycles. The SMILES string of the molecule is CCCCCCCC=CC(CCCCCCCCCC)(C(CCCCCCCCC)CCCCCCCCC)C(C=CCCCCCCCC)(C=CCCCCCCCCC)CCCCCCCCCCC. The van der Waals surface area contributed by atoms with Crippen molar-refractivity contribution in [2.24, 2.45) is 16.7 Å². The summed E-state index contributed by atoms with van der Waals surface area (Å²) in [5.41, 5.74) is 0.266. The summed E-state index contributed by atoms with van der Waals surface area (Å²) in [5.74, 6) is 0.755. The second-order valence-electron chi connectivity index (χ2n) is 24.3. The van der Waals surface area contributed by atoms with Crippen LogP contribution >= 0.6 is 0 Å². The molecule has 0 aliphatic rings. The highest BCUT2D eigenvalue weighted by molar-refractivity contribution is 5.26. The van der Waals surface area contributed by atoms with Gasteiger partial charge in [0.25, 0.3) is 0 Å². The molecule has 0 saturated heterocycles. The summed E-state index contributed by atoms with van der Waals surface area (Å²) in [7, 11) is 0. The van der Waals surface area contributed by atoms with Gasteiger partial charge in [-0.05, 0) is 70.1 Å². The molecule has 0 heterocycles. The van der Waals surface area contributed by atoms with Crippen molar-refractivity contribution in [3.63, 3.8) is 0 Å². The lowest BCUT2D eigenvalue weighted by Crippen LogP contribution is -2.44. The number of rotatable bonds is 61. The van der Waals surface area contributed by atoms with Crippen molar-refractivity contribution >= 4 is 0 Å². The quantitative estimate of drug-likeness (QED) is 0.0421. The van der Waals surface area contributed by atoms with E-state index < -0.39 is 0 Å². The molecule has 0 fully saturated rings. The van der Waals surface area contributed by atoms with Crippen molar-refractivity contribution in [2.45, 2.75) is 408 Å². The van der Waals surface area contributed by atoms with Crippen LogP contribution in [-0.4, -0.2) is 0 Å². The molecule has 0 N–H and O–H groups in total. The molecule has 0 aromatic carbocycles. The first-order valence-corrected chi connectivity index (χ1v) is 34.6. The van der Waals surface area contributed by atoms with E-state index in [0.717, 1.165) is 5.92 Å². The Bertz CT molecular complexity index is 1080. The van der Waals surface area contributed by atoms with Gasteiger partial charge in [-0.3, -0.25) is 0 Å². The summed E-state index contributed by atoms with van der Waals surface area (Å²) >= 11 is 0. The molecule has 0 nitrogen and oxygen atoms in total. The fourth-order valence-corrected chi connectivity index (χ4v) is 12.6. The standard InChI is InChI=1S/C72H140/c1-8-15-22-29-36-40-46-52-59-66-71(65-58-51-45-38-31-24-17-10-3,67-60-53-47-41-37-30-23-16-9-2)72(68-61-54-44-35-28-21-14-7,69-62-55-48-39-32-25-18-11-4)70(63-56-49-42-33-26-19-12-5)64-57-50-43-34-27-20-13-6/h58-59,61,65-66,68,70H,8-57,60,62-64,67,69H2,1-7H3. The van der Waals surface area contributed by atoms with Gasteiger partial charge in [-0.1, -0.05) is 380 Å². The van der Waals surface area contributed by atoms with Crippen molar-refractivity contribution in [2.75, 3.05) is 0 Å². The van der Waals surface area contributed by atoms with Crippen molar-refractivity contribution in [1.82, 2.24) is 0 Å². The molecule has 428 valence electrons. The first-order chi connectivity index (χ1) is 35.6. The van der Waals surface area contributed by atoms with Gasteiger partial charge in [0, 0.05) is 10.8 Å². The molecular weight excluding hydrogens is 865 g/mol. The molecule has 0 amide bonds. The third-order valence-corrected chi connectivity index (χ3v) is 17.5. The van der Waals surface area contributed by atoms with Crippen LogP contribution < -0.4 is 0 Å². The van der Waals surface area contributed by atoms with E-state index in [1.807, 2.05) is 0 Å².